The van der Waals surface area contributed by atoms with Gasteiger partial charge in [-0.2, -0.15) is 0 Å². The van der Waals surface area contributed by atoms with Gasteiger partial charge in [0.15, 0.2) is 0 Å². The topological polar surface area (TPSA) is 100 Å². The van der Waals surface area contributed by atoms with E-state index >= 15 is 0 Å². The zero-order chi connectivity index (χ0) is 25.7. The molecule has 0 unspecified atom stereocenters. The van der Waals surface area contributed by atoms with Crippen molar-refractivity contribution in [2.75, 3.05) is 25.0 Å². The molecular weight excluding hydrogens is 479 g/mol. The Hall–Kier alpha value is -3.47. The highest BCUT2D eigenvalue weighted by Gasteiger charge is 2.31. The van der Waals surface area contributed by atoms with Crippen molar-refractivity contribution in [2.45, 2.75) is 44.2 Å². The molecule has 0 spiro atoms. The monoisotopic (exact) mass is 507 g/mol. The number of hydrogen-bond acceptors (Lipinski definition) is 5. The predicted octanol–water partition coefficient (Wildman–Crippen LogP) is 4.16. The van der Waals surface area contributed by atoms with Crippen LogP contribution in [0.5, 0.6) is 11.5 Å². The van der Waals surface area contributed by atoms with E-state index in [1.807, 2.05) is 0 Å². The fourth-order valence-corrected chi connectivity index (χ4v) is 3.86. The van der Waals surface area contributed by atoms with E-state index in [1.54, 1.807) is 24.3 Å². The van der Waals surface area contributed by atoms with Crippen LogP contribution >= 0.6 is 0 Å². The zero-order valence-electron chi connectivity index (χ0n) is 19.5. The van der Waals surface area contributed by atoms with Crippen LogP contribution in [-0.4, -0.2) is 60.1 Å². The van der Waals surface area contributed by atoms with E-state index in [2.05, 4.69) is 15.4 Å². The lowest BCUT2D eigenvalue weighted by Crippen LogP contribution is -2.50. The number of urea groups is 1. The summed E-state index contributed by atoms with van der Waals surface area (Å²) >= 11 is 0. The van der Waals surface area contributed by atoms with Gasteiger partial charge in [-0.25, -0.2) is 4.79 Å². The average molecular weight is 508 g/mol. The third kappa shape index (κ3) is 7.51. The second kappa shape index (κ2) is 11.1. The maximum absolute atomic E-state index is 12.8. The number of halogens is 3. The van der Waals surface area contributed by atoms with Gasteiger partial charge in [-0.15, -0.1) is 13.2 Å². The SMILES string of the molecule is O=C(N[C@@H]1CN(C(=O)Nc2ccc(OC(F)(F)F)cc2)CCC[C@H]1O)c1ccc(OCC2CC2)cc1. The molecule has 36 heavy (non-hydrogen) atoms. The number of anilines is 1. The molecule has 2 aliphatic rings. The van der Waals surface area contributed by atoms with Crippen LogP contribution in [0.2, 0.25) is 0 Å². The molecule has 3 N–H and O–H groups in total. The van der Waals surface area contributed by atoms with Crippen LogP contribution in [-0.2, 0) is 0 Å². The molecule has 2 fully saturated rings. The first-order valence-corrected chi connectivity index (χ1v) is 11.8. The number of aliphatic hydroxyl groups excluding tert-OH is 1. The molecule has 1 aliphatic carbocycles. The number of carbonyl (C=O) groups excluding carboxylic acids is 2. The van der Waals surface area contributed by atoms with Gasteiger partial charge in [-0.05, 0) is 80.1 Å². The van der Waals surface area contributed by atoms with Gasteiger partial charge in [0, 0.05) is 24.3 Å². The molecule has 1 saturated carbocycles. The number of carbonyl (C=O) groups is 2. The largest absolute Gasteiger partial charge is 0.573 e. The maximum Gasteiger partial charge on any atom is 0.573 e. The fraction of sp³-hybridized carbons (Fsp3) is 0.440. The summed E-state index contributed by atoms with van der Waals surface area (Å²) in [5.74, 6) is 0.528. The molecule has 8 nitrogen and oxygen atoms in total. The van der Waals surface area contributed by atoms with Gasteiger partial charge in [-0.1, -0.05) is 0 Å². The van der Waals surface area contributed by atoms with Crippen molar-refractivity contribution >= 4 is 17.6 Å². The maximum atomic E-state index is 12.8. The summed E-state index contributed by atoms with van der Waals surface area (Å²) in [6.45, 7) is 1.08. The van der Waals surface area contributed by atoms with Crippen molar-refractivity contribution in [1.82, 2.24) is 10.2 Å². The van der Waals surface area contributed by atoms with Gasteiger partial charge in [0.05, 0.1) is 18.8 Å². The number of benzene rings is 2. The summed E-state index contributed by atoms with van der Waals surface area (Å²) in [6.07, 6.45) is -2.36. The predicted molar refractivity (Wildman–Crippen MR) is 125 cm³/mol. The van der Waals surface area contributed by atoms with Crippen LogP contribution in [0.15, 0.2) is 48.5 Å². The summed E-state index contributed by atoms with van der Waals surface area (Å²) in [7, 11) is 0. The highest BCUT2D eigenvalue weighted by molar-refractivity contribution is 5.94. The number of amides is 3. The Morgan fingerprint density at radius 1 is 1.00 bits per heavy atom. The minimum Gasteiger partial charge on any atom is -0.493 e. The molecule has 1 saturated heterocycles. The highest BCUT2D eigenvalue weighted by atomic mass is 19.4. The molecule has 0 radical (unpaired) electrons. The van der Waals surface area contributed by atoms with Crippen molar-refractivity contribution in [1.29, 1.82) is 0 Å². The number of rotatable bonds is 7. The van der Waals surface area contributed by atoms with Crippen LogP contribution in [0.1, 0.15) is 36.0 Å². The first-order valence-electron chi connectivity index (χ1n) is 11.8. The van der Waals surface area contributed by atoms with Crippen molar-refractivity contribution in [3.63, 3.8) is 0 Å². The number of ether oxygens (including phenoxy) is 2. The second-order valence-electron chi connectivity index (χ2n) is 9.02. The molecule has 0 bridgehead atoms. The van der Waals surface area contributed by atoms with Gasteiger partial charge < -0.3 is 30.1 Å². The van der Waals surface area contributed by atoms with Crippen molar-refractivity contribution in [3.05, 3.63) is 54.1 Å². The minimum absolute atomic E-state index is 0.0661. The van der Waals surface area contributed by atoms with E-state index in [9.17, 15) is 27.9 Å². The Balaban J connectivity index is 1.32. The van der Waals surface area contributed by atoms with Gasteiger partial charge in [0.2, 0.25) is 0 Å². The molecule has 2 aromatic rings. The Morgan fingerprint density at radius 2 is 1.67 bits per heavy atom. The normalized spacial score (nSPS) is 20.3. The number of nitrogens with zero attached hydrogens (tertiary/aromatic N) is 1. The van der Waals surface area contributed by atoms with Crippen molar-refractivity contribution < 1.29 is 37.3 Å². The number of hydrogen-bond donors (Lipinski definition) is 3. The molecule has 0 aromatic heterocycles. The lowest BCUT2D eigenvalue weighted by Gasteiger charge is -2.27. The summed E-state index contributed by atoms with van der Waals surface area (Å²) in [6, 6.07) is 10.3. The Morgan fingerprint density at radius 3 is 2.31 bits per heavy atom. The number of nitrogens with one attached hydrogen (secondary N) is 2. The Bertz CT molecular complexity index is 1040. The van der Waals surface area contributed by atoms with E-state index < -0.39 is 30.3 Å². The quantitative estimate of drug-likeness (QED) is 0.523. The van der Waals surface area contributed by atoms with Gasteiger partial charge in [-0.3, -0.25) is 4.79 Å². The summed E-state index contributed by atoms with van der Waals surface area (Å²) < 4.78 is 46.5. The van der Waals surface area contributed by atoms with Crippen molar-refractivity contribution in [3.8, 4) is 11.5 Å². The lowest BCUT2D eigenvalue weighted by molar-refractivity contribution is -0.274. The molecule has 1 heterocycles. The standard InChI is InChI=1S/C25H28F3N3O5/c26-25(27,28)36-20-11-7-18(8-12-20)29-24(34)31-13-1-2-22(32)21(14-31)30-23(33)17-5-9-19(10-6-17)35-15-16-3-4-16/h5-12,16,21-22,32H,1-4,13-15H2,(H,29,34)(H,30,33)/t21-,22-/m1/s1. The third-order valence-electron chi connectivity index (χ3n) is 6.05. The number of likely N-dealkylation sites (tertiary alicyclic amines) is 1. The second-order valence-corrected chi connectivity index (χ2v) is 9.02. The first-order chi connectivity index (χ1) is 17.2. The average Bonchev–Trinajstić information content (AvgIpc) is 3.67. The molecule has 4 rings (SSSR count). The number of aliphatic hydroxyl groups is 1. The van der Waals surface area contributed by atoms with Gasteiger partial charge >= 0.3 is 12.4 Å². The number of alkyl halides is 3. The van der Waals surface area contributed by atoms with Crippen LogP contribution in [0.3, 0.4) is 0 Å². The molecular formula is C25H28F3N3O5. The molecule has 11 heteroatoms. The van der Waals surface area contributed by atoms with Gasteiger partial charge in [0.1, 0.15) is 11.5 Å². The van der Waals surface area contributed by atoms with E-state index in [0.29, 0.717) is 43.2 Å². The van der Waals surface area contributed by atoms with Gasteiger partial charge in [0.25, 0.3) is 5.91 Å². The summed E-state index contributed by atoms with van der Waals surface area (Å²) in [4.78, 5) is 27.0. The molecule has 1 aliphatic heterocycles. The summed E-state index contributed by atoms with van der Waals surface area (Å²) in [5.41, 5.74) is 0.686. The summed E-state index contributed by atoms with van der Waals surface area (Å²) in [5, 5.41) is 16.0. The Kier molecular flexibility index (Phi) is 7.88. The smallest absolute Gasteiger partial charge is 0.493 e. The van der Waals surface area contributed by atoms with Crippen LogP contribution in [0.25, 0.3) is 0 Å². The third-order valence-corrected chi connectivity index (χ3v) is 6.05. The molecule has 194 valence electrons. The molecule has 3 amide bonds. The van der Waals surface area contributed by atoms with E-state index in [1.165, 1.54) is 29.9 Å². The van der Waals surface area contributed by atoms with E-state index in [4.69, 9.17) is 4.74 Å². The van der Waals surface area contributed by atoms with Crippen LogP contribution in [0.4, 0.5) is 23.7 Å². The lowest BCUT2D eigenvalue weighted by atomic mass is 10.1. The van der Waals surface area contributed by atoms with Crippen LogP contribution in [0, 0.1) is 5.92 Å². The molecule has 2 atom stereocenters. The zero-order valence-corrected chi connectivity index (χ0v) is 19.5. The molecule has 2 aromatic carbocycles. The van der Waals surface area contributed by atoms with E-state index in [-0.39, 0.29) is 18.1 Å². The van der Waals surface area contributed by atoms with E-state index in [0.717, 1.165) is 12.1 Å². The van der Waals surface area contributed by atoms with Crippen molar-refractivity contribution in [2.24, 2.45) is 5.92 Å². The Labute approximate surface area is 206 Å². The highest BCUT2D eigenvalue weighted by Crippen LogP contribution is 2.29. The fourth-order valence-electron chi connectivity index (χ4n) is 3.86. The van der Waals surface area contributed by atoms with Crippen LogP contribution < -0.4 is 20.1 Å². The first kappa shape index (κ1) is 25.6. The minimum atomic E-state index is -4.80.